The summed E-state index contributed by atoms with van der Waals surface area (Å²) in [6.07, 6.45) is 10.1. The lowest BCUT2D eigenvalue weighted by molar-refractivity contribution is -0.127. The highest BCUT2D eigenvalue weighted by atomic mass is 16.2. The maximum Gasteiger partial charge on any atom is 0.240 e. The summed E-state index contributed by atoms with van der Waals surface area (Å²) >= 11 is 0. The van der Waals surface area contributed by atoms with E-state index in [-0.39, 0.29) is 5.91 Å². The molecule has 1 aliphatic heterocycles. The van der Waals surface area contributed by atoms with Crippen molar-refractivity contribution < 1.29 is 4.79 Å². The van der Waals surface area contributed by atoms with Crippen LogP contribution in [-0.2, 0) is 4.79 Å². The molecule has 0 aromatic carbocycles. The van der Waals surface area contributed by atoms with Crippen LogP contribution in [0.3, 0.4) is 0 Å². The molecule has 0 bridgehead atoms. The van der Waals surface area contributed by atoms with Gasteiger partial charge in [-0.2, -0.15) is 0 Å². The van der Waals surface area contributed by atoms with Crippen LogP contribution in [0, 0.1) is 5.92 Å². The molecule has 2 aliphatic rings. The smallest absolute Gasteiger partial charge is 0.240 e. The molecular formula is C17H33N3O. The van der Waals surface area contributed by atoms with Crippen LogP contribution in [0.5, 0.6) is 0 Å². The minimum Gasteiger partial charge on any atom is -0.355 e. The number of rotatable bonds is 6. The Morgan fingerprint density at radius 3 is 2.71 bits per heavy atom. The molecule has 1 unspecified atom stereocenters. The molecule has 4 heteroatoms. The summed E-state index contributed by atoms with van der Waals surface area (Å²) in [5, 5.41) is 3.06. The highest BCUT2D eigenvalue weighted by Gasteiger charge is 2.34. The number of amides is 1. The van der Waals surface area contributed by atoms with E-state index in [2.05, 4.69) is 17.1 Å². The number of nitrogens with zero attached hydrogens (tertiary/aromatic N) is 1. The van der Waals surface area contributed by atoms with Gasteiger partial charge < -0.3 is 16.0 Å². The van der Waals surface area contributed by atoms with Crippen LogP contribution in [0.4, 0.5) is 0 Å². The van der Waals surface area contributed by atoms with Crippen molar-refractivity contribution in [2.24, 2.45) is 11.7 Å². The second-order valence-corrected chi connectivity index (χ2v) is 7.23. The molecule has 2 fully saturated rings. The van der Waals surface area contributed by atoms with Crippen molar-refractivity contribution in [1.82, 2.24) is 10.2 Å². The molecule has 122 valence electrons. The average molecular weight is 295 g/mol. The van der Waals surface area contributed by atoms with Crippen LogP contribution in [0.2, 0.25) is 0 Å². The van der Waals surface area contributed by atoms with Gasteiger partial charge in [-0.05, 0) is 57.5 Å². The van der Waals surface area contributed by atoms with Crippen LogP contribution >= 0.6 is 0 Å². The van der Waals surface area contributed by atoms with E-state index in [1.54, 1.807) is 0 Å². The summed E-state index contributed by atoms with van der Waals surface area (Å²) < 4.78 is 0. The van der Waals surface area contributed by atoms with Crippen molar-refractivity contribution in [2.75, 3.05) is 26.2 Å². The Morgan fingerprint density at radius 2 is 2.00 bits per heavy atom. The highest BCUT2D eigenvalue weighted by molar-refractivity contribution is 5.86. The predicted octanol–water partition coefficient (Wildman–Crippen LogP) is 2.28. The topological polar surface area (TPSA) is 58.4 Å². The van der Waals surface area contributed by atoms with E-state index in [0.29, 0.717) is 0 Å². The Balaban J connectivity index is 1.56. The summed E-state index contributed by atoms with van der Waals surface area (Å²) in [6, 6.07) is 0. The van der Waals surface area contributed by atoms with Gasteiger partial charge in [0, 0.05) is 13.1 Å². The van der Waals surface area contributed by atoms with Gasteiger partial charge in [-0.1, -0.05) is 26.2 Å². The number of piperidine rings is 1. The molecule has 0 radical (unpaired) electrons. The van der Waals surface area contributed by atoms with Crippen LogP contribution < -0.4 is 11.1 Å². The van der Waals surface area contributed by atoms with E-state index in [4.69, 9.17) is 5.73 Å². The minimum absolute atomic E-state index is 0.0776. The number of carbonyl (C=O) groups is 1. The largest absolute Gasteiger partial charge is 0.355 e. The molecule has 21 heavy (non-hydrogen) atoms. The SMILES string of the molecule is CC1CCCN(CCCCNC(=O)C2(N)CCCCC2)C1. The van der Waals surface area contributed by atoms with Crippen LogP contribution in [0.15, 0.2) is 0 Å². The Bertz CT molecular complexity index is 326. The Labute approximate surface area is 129 Å². The van der Waals surface area contributed by atoms with Gasteiger partial charge in [0.05, 0.1) is 5.54 Å². The average Bonchev–Trinajstić information content (AvgIpc) is 2.47. The molecule has 3 N–H and O–H groups in total. The van der Waals surface area contributed by atoms with Gasteiger partial charge in [-0.3, -0.25) is 4.79 Å². The van der Waals surface area contributed by atoms with E-state index >= 15 is 0 Å². The molecule has 0 aromatic rings. The van der Waals surface area contributed by atoms with Crippen molar-refractivity contribution in [3.8, 4) is 0 Å². The van der Waals surface area contributed by atoms with E-state index in [1.165, 1.54) is 45.3 Å². The first-order chi connectivity index (χ1) is 10.1. The summed E-state index contributed by atoms with van der Waals surface area (Å²) in [5.41, 5.74) is 5.65. The highest BCUT2D eigenvalue weighted by Crippen LogP contribution is 2.25. The van der Waals surface area contributed by atoms with Gasteiger partial charge in [-0.25, -0.2) is 0 Å². The molecule has 1 heterocycles. The lowest BCUT2D eigenvalue weighted by atomic mass is 9.82. The molecule has 1 amide bonds. The molecule has 1 saturated carbocycles. The quantitative estimate of drug-likeness (QED) is 0.739. The zero-order valence-corrected chi connectivity index (χ0v) is 13.7. The summed E-state index contributed by atoms with van der Waals surface area (Å²) in [4.78, 5) is 14.8. The number of hydrogen-bond donors (Lipinski definition) is 2. The number of likely N-dealkylation sites (tertiary alicyclic amines) is 1. The molecule has 1 saturated heterocycles. The number of carbonyl (C=O) groups excluding carboxylic acids is 1. The third kappa shape index (κ3) is 5.26. The molecule has 0 aromatic heterocycles. The number of unbranched alkanes of at least 4 members (excludes halogenated alkanes) is 1. The minimum atomic E-state index is -0.583. The van der Waals surface area contributed by atoms with Crippen molar-refractivity contribution in [2.45, 2.75) is 70.3 Å². The number of hydrogen-bond acceptors (Lipinski definition) is 3. The fourth-order valence-electron chi connectivity index (χ4n) is 3.74. The van der Waals surface area contributed by atoms with Gasteiger partial charge in [0.15, 0.2) is 0 Å². The third-order valence-corrected chi connectivity index (χ3v) is 5.13. The van der Waals surface area contributed by atoms with E-state index in [1.807, 2.05) is 0 Å². The third-order valence-electron chi connectivity index (χ3n) is 5.13. The molecule has 2 rings (SSSR count). The van der Waals surface area contributed by atoms with Crippen LogP contribution in [0.25, 0.3) is 0 Å². The van der Waals surface area contributed by atoms with Gasteiger partial charge in [0.1, 0.15) is 0 Å². The second-order valence-electron chi connectivity index (χ2n) is 7.23. The monoisotopic (exact) mass is 295 g/mol. The predicted molar refractivity (Wildman–Crippen MR) is 87.1 cm³/mol. The molecular weight excluding hydrogens is 262 g/mol. The first-order valence-corrected chi connectivity index (χ1v) is 8.90. The van der Waals surface area contributed by atoms with Gasteiger partial charge in [0.25, 0.3) is 0 Å². The Hall–Kier alpha value is -0.610. The van der Waals surface area contributed by atoms with Crippen LogP contribution in [-0.4, -0.2) is 42.5 Å². The first kappa shape index (κ1) is 16.8. The molecule has 0 spiro atoms. The second kappa shape index (κ2) is 8.14. The van der Waals surface area contributed by atoms with Gasteiger partial charge in [-0.15, -0.1) is 0 Å². The van der Waals surface area contributed by atoms with E-state index in [0.717, 1.165) is 44.6 Å². The lowest BCUT2D eigenvalue weighted by Gasteiger charge is -2.32. The van der Waals surface area contributed by atoms with Crippen molar-refractivity contribution in [1.29, 1.82) is 0 Å². The zero-order valence-electron chi connectivity index (χ0n) is 13.7. The normalized spacial score (nSPS) is 26.5. The Morgan fingerprint density at radius 1 is 1.24 bits per heavy atom. The molecule has 4 nitrogen and oxygen atoms in total. The van der Waals surface area contributed by atoms with Gasteiger partial charge in [0.2, 0.25) is 5.91 Å². The Kier molecular flexibility index (Phi) is 6.49. The van der Waals surface area contributed by atoms with Crippen molar-refractivity contribution in [3.63, 3.8) is 0 Å². The fourth-order valence-corrected chi connectivity index (χ4v) is 3.74. The first-order valence-electron chi connectivity index (χ1n) is 8.90. The molecule has 1 aliphatic carbocycles. The van der Waals surface area contributed by atoms with Gasteiger partial charge >= 0.3 is 0 Å². The summed E-state index contributed by atoms with van der Waals surface area (Å²) in [5.74, 6) is 0.927. The van der Waals surface area contributed by atoms with Crippen LogP contribution in [0.1, 0.15) is 64.7 Å². The summed E-state index contributed by atoms with van der Waals surface area (Å²) in [6.45, 7) is 6.80. The van der Waals surface area contributed by atoms with E-state index in [9.17, 15) is 4.79 Å². The van der Waals surface area contributed by atoms with Crippen molar-refractivity contribution in [3.05, 3.63) is 0 Å². The lowest BCUT2D eigenvalue weighted by Crippen LogP contribution is -2.55. The maximum atomic E-state index is 12.2. The number of nitrogens with two attached hydrogens (primary N) is 1. The zero-order chi connectivity index (χ0) is 15.1. The molecule has 1 atom stereocenters. The summed E-state index contributed by atoms with van der Waals surface area (Å²) in [7, 11) is 0. The fraction of sp³-hybridized carbons (Fsp3) is 0.941. The van der Waals surface area contributed by atoms with E-state index < -0.39 is 5.54 Å². The number of nitrogens with one attached hydrogen (secondary N) is 1. The standard InChI is InChI=1S/C17H33N3O/c1-15-8-7-13-20(14-15)12-6-5-11-19-16(21)17(18)9-3-2-4-10-17/h15H,2-14,18H2,1H3,(H,19,21). The maximum absolute atomic E-state index is 12.2. The van der Waals surface area contributed by atoms with Crippen molar-refractivity contribution >= 4 is 5.91 Å².